The summed E-state index contributed by atoms with van der Waals surface area (Å²) in [5.41, 5.74) is 2.81. The lowest BCUT2D eigenvalue weighted by molar-refractivity contribution is 0.456. The SMILES string of the molecule is CCn1cnnc1[C@H]1Cc2ccccc2CN1. The van der Waals surface area contributed by atoms with E-state index in [9.17, 15) is 0 Å². The maximum atomic E-state index is 4.23. The van der Waals surface area contributed by atoms with Gasteiger partial charge in [-0.15, -0.1) is 10.2 Å². The zero-order chi connectivity index (χ0) is 11.7. The van der Waals surface area contributed by atoms with Gasteiger partial charge in [0.25, 0.3) is 0 Å². The maximum Gasteiger partial charge on any atom is 0.150 e. The summed E-state index contributed by atoms with van der Waals surface area (Å²) in [4.78, 5) is 0. The normalized spacial score (nSPS) is 19.0. The largest absolute Gasteiger partial charge is 0.317 e. The lowest BCUT2D eigenvalue weighted by Crippen LogP contribution is -2.30. The quantitative estimate of drug-likeness (QED) is 0.850. The molecule has 88 valence electrons. The molecule has 1 aliphatic heterocycles. The molecule has 2 aromatic rings. The molecular weight excluding hydrogens is 212 g/mol. The second-order valence-electron chi connectivity index (χ2n) is 4.38. The zero-order valence-corrected chi connectivity index (χ0v) is 9.93. The first-order valence-electron chi connectivity index (χ1n) is 6.06. The molecule has 0 saturated carbocycles. The van der Waals surface area contributed by atoms with Gasteiger partial charge in [-0.25, -0.2) is 0 Å². The standard InChI is InChI=1S/C13H16N4/c1-2-17-9-15-16-13(17)12-7-10-5-3-4-6-11(10)8-14-12/h3-6,9,12,14H,2,7-8H2,1H3/t12-/m1/s1. The monoisotopic (exact) mass is 228 g/mol. The Labute approximate surface area is 101 Å². The van der Waals surface area contributed by atoms with Gasteiger partial charge < -0.3 is 9.88 Å². The number of aryl methyl sites for hydroxylation is 1. The minimum Gasteiger partial charge on any atom is -0.317 e. The molecule has 0 spiro atoms. The van der Waals surface area contributed by atoms with Crippen molar-refractivity contribution in [2.75, 3.05) is 0 Å². The van der Waals surface area contributed by atoms with E-state index in [4.69, 9.17) is 0 Å². The van der Waals surface area contributed by atoms with Crippen molar-refractivity contribution in [3.63, 3.8) is 0 Å². The molecule has 0 saturated heterocycles. The van der Waals surface area contributed by atoms with Crippen molar-refractivity contribution in [3.05, 3.63) is 47.5 Å². The van der Waals surface area contributed by atoms with Crippen LogP contribution in [0.2, 0.25) is 0 Å². The summed E-state index contributed by atoms with van der Waals surface area (Å²) in [5.74, 6) is 1.04. The molecular formula is C13H16N4. The molecule has 0 bridgehead atoms. The van der Waals surface area contributed by atoms with Crippen LogP contribution in [0, 0.1) is 0 Å². The molecule has 3 rings (SSSR count). The third-order valence-electron chi connectivity index (χ3n) is 3.38. The van der Waals surface area contributed by atoms with Crippen molar-refractivity contribution >= 4 is 0 Å². The van der Waals surface area contributed by atoms with Crippen molar-refractivity contribution in [3.8, 4) is 0 Å². The van der Waals surface area contributed by atoms with Gasteiger partial charge in [0, 0.05) is 13.1 Å². The minimum absolute atomic E-state index is 0.285. The van der Waals surface area contributed by atoms with Crippen LogP contribution >= 0.6 is 0 Å². The van der Waals surface area contributed by atoms with Gasteiger partial charge in [-0.1, -0.05) is 24.3 Å². The third-order valence-corrected chi connectivity index (χ3v) is 3.38. The number of benzene rings is 1. The molecule has 4 nitrogen and oxygen atoms in total. The van der Waals surface area contributed by atoms with Gasteiger partial charge in [0.1, 0.15) is 12.2 Å². The van der Waals surface area contributed by atoms with Crippen LogP contribution in [-0.4, -0.2) is 14.8 Å². The average molecular weight is 228 g/mol. The van der Waals surface area contributed by atoms with E-state index in [2.05, 4.69) is 51.3 Å². The van der Waals surface area contributed by atoms with E-state index in [1.54, 1.807) is 6.33 Å². The Balaban J connectivity index is 1.89. The predicted molar refractivity (Wildman–Crippen MR) is 65.4 cm³/mol. The van der Waals surface area contributed by atoms with Gasteiger partial charge in [0.15, 0.2) is 0 Å². The molecule has 2 heterocycles. The molecule has 1 aromatic carbocycles. The predicted octanol–water partition coefficient (Wildman–Crippen LogP) is 1.68. The topological polar surface area (TPSA) is 42.7 Å². The Bertz CT molecular complexity index is 518. The highest BCUT2D eigenvalue weighted by Gasteiger charge is 2.22. The summed E-state index contributed by atoms with van der Waals surface area (Å²) in [6.45, 7) is 3.95. The van der Waals surface area contributed by atoms with Gasteiger partial charge in [-0.05, 0) is 24.5 Å². The van der Waals surface area contributed by atoms with Gasteiger partial charge in [0.05, 0.1) is 6.04 Å². The van der Waals surface area contributed by atoms with Crippen LogP contribution in [0.3, 0.4) is 0 Å². The second-order valence-corrected chi connectivity index (χ2v) is 4.38. The van der Waals surface area contributed by atoms with E-state index in [0.717, 1.165) is 25.3 Å². The van der Waals surface area contributed by atoms with Crippen molar-refractivity contribution in [1.29, 1.82) is 0 Å². The molecule has 1 N–H and O–H groups in total. The van der Waals surface area contributed by atoms with E-state index in [1.165, 1.54) is 11.1 Å². The first-order valence-corrected chi connectivity index (χ1v) is 6.06. The van der Waals surface area contributed by atoms with Crippen LogP contribution in [0.1, 0.15) is 29.9 Å². The van der Waals surface area contributed by atoms with E-state index >= 15 is 0 Å². The van der Waals surface area contributed by atoms with Crippen molar-refractivity contribution in [1.82, 2.24) is 20.1 Å². The van der Waals surface area contributed by atoms with Crippen LogP contribution in [0.25, 0.3) is 0 Å². The summed E-state index contributed by atoms with van der Waals surface area (Å²) >= 11 is 0. The minimum atomic E-state index is 0.285. The highest BCUT2D eigenvalue weighted by Crippen LogP contribution is 2.24. The summed E-state index contributed by atoms with van der Waals surface area (Å²) in [5, 5.41) is 11.8. The number of fused-ring (bicyclic) bond motifs is 1. The Kier molecular flexibility index (Phi) is 2.65. The molecule has 0 unspecified atom stereocenters. The fourth-order valence-corrected chi connectivity index (χ4v) is 2.41. The highest BCUT2D eigenvalue weighted by molar-refractivity contribution is 5.30. The molecule has 1 aromatic heterocycles. The first kappa shape index (κ1) is 10.5. The number of nitrogens with one attached hydrogen (secondary N) is 1. The summed E-state index contributed by atoms with van der Waals surface area (Å²) < 4.78 is 2.10. The molecule has 4 heteroatoms. The fraction of sp³-hybridized carbons (Fsp3) is 0.385. The lowest BCUT2D eigenvalue weighted by atomic mass is 9.95. The van der Waals surface area contributed by atoms with Crippen LogP contribution in [0.5, 0.6) is 0 Å². The lowest BCUT2D eigenvalue weighted by Gasteiger charge is -2.25. The van der Waals surface area contributed by atoms with Crippen LogP contribution in [-0.2, 0) is 19.5 Å². The maximum absolute atomic E-state index is 4.23. The summed E-state index contributed by atoms with van der Waals surface area (Å²) in [6.07, 6.45) is 2.80. The van der Waals surface area contributed by atoms with Crippen LogP contribution < -0.4 is 5.32 Å². The highest BCUT2D eigenvalue weighted by atomic mass is 15.3. The van der Waals surface area contributed by atoms with Crippen LogP contribution in [0.15, 0.2) is 30.6 Å². The third kappa shape index (κ3) is 1.85. The Morgan fingerprint density at radius 2 is 2.18 bits per heavy atom. The number of hydrogen-bond acceptors (Lipinski definition) is 3. The van der Waals surface area contributed by atoms with E-state index in [1.807, 2.05) is 0 Å². The Morgan fingerprint density at radius 3 is 3.00 bits per heavy atom. The molecule has 1 atom stereocenters. The van der Waals surface area contributed by atoms with E-state index in [0.29, 0.717) is 0 Å². The molecule has 1 aliphatic rings. The Morgan fingerprint density at radius 1 is 1.35 bits per heavy atom. The van der Waals surface area contributed by atoms with Gasteiger partial charge in [0.2, 0.25) is 0 Å². The van der Waals surface area contributed by atoms with Crippen molar-refractivity contribution in [2.45, 2.75) is 32.5 Å². The van der Waals surface area contributed by atoms with Crippen molar-refractivity contribution < 1.29 is 0 Å². The van der Waals surface area contributed by atoms with E-state index in [-0.39, 0.29) is 6.04 Å². The number of nitrogens with zero attached hydrogens (tertiary/aromatic N) is 3. The fourth-order valence-electron chi connectivity index (χ4n) is 2.41. The zero-order valence-electron chi connectivity index (χ0n) is 9.93. The smallest absolute Gasteiger partial charge is 0.150 e. The molecule has 17 heavy (non-hydrogen) atoms. The first-order chi connectivity index (χ1) is 8.38. The van der Waals surface area contributed by atoms with Gasteiger partial charge >= 0.3 is 0 Å². The van der Waals surface area contributed by atoms with Gasteiger partial charge in [-0.2, -0.15) is 0 Å². The number of aromatic nitrogens is 3. The van der Waals surface area contributed by atoms with Crippen molar-refractivity contribution in [2.24, 2.45) is 0 Å². The average Bonchev–Trinajstić information content (AvgIpc) is 2.86. The summed E-state index contributed by atoms with van der Waals surface area (Å²) in [6, 6.07) is 8.87. The van der Waals surface area contributed by atoms with E-state index < -0.39 is 0 Å². The number of hydrogen-bond donors (Lipinski definition) is 1. The molecule has 0 fully saturated rings. The molecule has 0 radical (unpaired) electrons. The van der Waals surface area contributed by atoms with Gasteiger partial charge in [-0.3, -0.25) is 0 Å². The Hall–Kier alpha value is -1.68. The molecule has 0 aliphatic carbocycles. The molecule has 0 amide bonds. The second kappa shape index (κ2) is 4.30. The van der Waals surface area contributed by atoms with Crippen LogP contribution in [0.4, 0.5) is 0 Å². The summed E-state index contributed by atoms with van der Waals surface area (Å²) in [7, 11) is 0. The number of rotatable bonds is 2.